The molecule has 7 N–H and O–H groups in total. The molecule has 5 rings (SSSR count). The fourth-order valence-electron chi connectivity index (χ4n) is 5.77. The number of pyridine rings is 1. The molecule has 10 heteroatoms. The highest BCUT2D eigenvalue weighted by Crippen LogP contribution is 2.39. The molecule has 0 bridgehead atoms. The Balaban J connectivity index is 1.47. The monoisotopic (exact) mass is 508 g/mol. The Labute approximate surface area is 215 Å². The van der Waals surface area contributed by atoms with Crippen LogP contribution in [0.25, 0.3) is 21.9 Å². The molecule has 1 amide bonds. The van der Waals surface area contributed by atoms with Crippen molar-refractivity contribution in [3.8, 4) is 0 Å². The largest absolute Gasteiger partial charge is 0.382 e. The zero-order valence-corrected chi connectivity index (χ0v) is 21.6. The van der Waals surface area contributed by atoms with Gasteiger partial charge >= 0.3 is 0 Å². The van der Waals surface area contributed by atoms with Gasteiger partial charge in [-0.3, -0.25) is 10.2 Å². The topological polar surface area (TPSA) is 148 Å². The summed E-state index contributed by atoms with van der Waals surface area (Å²) in [6.07, 6.45) is 6.14. The number of aromatic nitrogens is 3. The third-order valence-corrected chi connectivity index (χ3v) is 9.14. The molecular weight excluding hydrogens is 472 g/mol. The first-order valence-electron chi connectivity index (χ1n) is 13.0. The highest BCUT2D eigenvalue weighted by atomic mass is 32.2. The number of thioether (sulfide) groups is 1. The number of aryl methyl sites for hydroxylation is 2. The summed E-state index contributed by atoms with van der Waals surface area (Å²) in [6.45, 7) is 3.02. The summed E-state index contributed by atoms with van der Waals surface area (Å²) >= 11 is 1.97. The second-order valence-electron chi connectivity index (χ2n) is 10.00. The summed E-state index contributed by atoms with van der Waals surface area (Å²) in [5, 5.41) is 16.1. The van der Waals surface area contributed by atoms with E-state index < -0.39 is 0 Å². The number of imidazole rings is 1. The minimum atomic E-state index is -0.245. The molecule has 9 nitrogen and oxygen atoms in total. The van der Waals surface area contributed by atoms with Crippen molar-refractivity contribution in [2.45, 2.75) is 75.7 Å². The lowest BCUT2D eigenvalue weighted by atomic mass is 9.89. The second kappa shape index (κ2) is 10.5. The Morgan fingerprint density at radius 1 is 1.25 bits per heavy atom. The highest BCUT2D eigenvalue weighted by Gasteiger charge is 2.44. The summed E-state index contributed by atoms with van der Waals surface area (Å²) in [5.74, 6) is 3.08. The van der Waals surface area contributed by atoms with Gasteiger partial charge in [-0.15, -0.1) is 0 Å². The lowest BCUT2D eigenvalue weighted by molar-refractivity contribution is -0.118. The van der Waals surface area contributed by atoms with E-state index in [1.807, 2.05) is 30.0 Å². The summed E-state index contributed by atoms with van der Waals surface area (Å²) < 4.78 is 2.37. The number of carbonyl (C=O) groups is 1. The number of benzene rings is 1. The van der Waals surface area contributed by atoms with Gasteiger partial charge in [-0.25, -0.2) is 9.97 Å². The van der Waals surface area contributed by atoms with E-state index >= 15 is 0 Å². The number of hydrogen-bond donors (Lipinski definition) is 5. The van der Waals surface area contributed by atoms with Crippen LogP contribution in [-0.4, -0.2) is 49.5 Å². The Morgan fingerprint density at radius 2 is 2.08 bits per heavy atom. The van der Waals surface area contributed by atoms with Crippen LogP contribution in [0.3, 0.4) is 0 Å². The molecule has 192 valence electrons. The molecule has 0 saturated carbocycles. The summed E-state index contributed by atoms with van der Waals surface area (Å²) in [6, 6.07) is 8.66. The van der Waals surface area contributed by atoms with Gasteiger partial charge < -0.3 is 26.7 Å². The minimum Gasteiger partial charge on any atom is -0.382 e. The molecule has 2 aliphatic rings. The number of fused-ring (bicyclic) bond motifs is 4. The molecule has 2 saturated heterocycles. The number of nitrogens with one attached hydrogen (secondary N) is 3. The van der Waals surface area contributed by atoms with Crippen molar-refractivity contribution >= 4 is 51.4 Å². The molecule has 4 atom stereocenters. The lowest BCUT2D eigenvalue weighted by Gasteiger charge is -2.28. The van der Waals surface area contributed by atoms with Crippen LogP contribution in [0.2, 0.25) is 0 Å². The van der Waals surface area contributed by atoms with E-state index in [1.165, 1.54) is 0 Å². The first kappa shape index (κ1) is 24.7. The van der Waals surface area contributed by atoms with Gasteiger partial charge in [0.1, 0.15) is 11.3 Å². The summed E-state index contributed by atoms with van der Waals surface area (Å²) in [7, 11) is 0. The van der Waals surface area contributed by atoms with Gasteiger partial charge in [0.25, 0.3) is 0 Å². The normalized spacial score (nSPS) is 22.0. The third kappa shape index (κ3) is 4.83. The van der Waals surface area contributed by atoms with E-state index in [0.29, 0.717) is 29.4 Å². The number of nitrogens with zero attached hydrogens (tertiary/aromatic N) is 3. The van der Waals surface area contributed by atoms with Crippen LogP contribution in [0, 0.1) is 11.3 Å². The van der Waals surface area contributed by atoms with E-state index in [0.717, 1.165) is 78.6 Å². The first-order valence-corrected chi connectivity index (χ1v) is 14.1. The van der Waals surface area contributed by atoms with Crippen LogP contribution in [0.5, 0.6) is 0 Å². The minimum absolute atomic E-state index is 0.237. The SMILES string of the molecule is CCCCc1nc2c(N)nc3ccccc3c2n1CCC(CCCC(N)=O)C1SCC2NC(=N)NC21. The van der Waals surface area contributed by atoms with Crippen LogP contribution in [-0.2, 0) is 17.8 Å². The molecule has 2 fully saturated rings. The Hall–Kier alpha value is -3.01. The number of hydrogen-bond acceptors (Lipinski definition) is 6. The van der Waals surface area contributed by atoms with E-state index in [1.54, 1.807) is 0 Å². The predicted molar refractivity (Wildman–Crippen MR) is 147 cm³/mol. The van der Waals surface area contributed by atoms with Gasteiger partial charge in [0, 0.05) is 35.8 Å². The Bertz CT molecular complexity index is 1270. The average molecular weight is 509 g/mol. The van der Waals surface area contributed by atoms with Gasteiger partial charge in [0.2, 0.25) is 5.91 Å². The van der Waals surface area contributed by atoms with E-state index in [9.17, 15) is 4.79 Å². The number of amides is 1. The van der Waals surface area contributed by atoms with E-state index in [4.69, 9.17) is 21.9 Å². The smallest absolute Gasteiger partial charge is 0.217 e. The zero-order chi connectivity index (χ0) is 25.2. The average Bonchev–Trinajstić information content (AvgIpc) is 3.52. The van der Waals surface area contributed by atoms with Gasteiger partial charge in [-0.1, -0.05) is 31.5 Å². The second-order valence-corrected chi connectivity index (χ2v) is 11.2. The van der Waals surface area contributed by atoms with Crippen molar-refractivity contribution in [2.75, 3.05) is 11.5 Å². The molecular formula is C26H36N8OS. The van der Waals surface area contributed by atoms with E-state index in [-0.39, 0.29) is 18.0 Å². The quantitative estimate of drug-likeness (QED) is 0.267. The van der Waals surface area contributed by atoms with Crippen LogP contribution in [0.4, 0.5) is 5.82 Å². The summed E-state index contributed by atoms with van der Waals surface area (Å²) in [4.78, 5) is 21.1. The third-order valence-electron chi connectivity index (χ3n) is 7.53. The number of para-hydroxylation sites is 1. The van der Waals surface area contributed by atoms with Crippen molar-refractivity contribution in [3.05, 3.63) is 30.1 Å². The lowest BCUT2D eigenvalue weighted by Crippen LogP contribution is -2.41. The number of guanidine groups is 1. The zero-order valence-electron chi connectivity index (χ0n) is 20.8. The van der Waals surface area contributed by atoms with Crippen LogP contribution in [0.15, 0.2) is 24.3 Å². The van der Waals surface area contributed by atoms with Gasteiger partial charge in [-0.2, -0.15) is 11.8 Å². The van der Waals surface area contributed by atoms with Crippen LogP contribution < -0.4 is 22.1 Å². The molecule has 0 radical (unpaired) electrons. The number of anilines is 1. The van der Waals surface area contributed by atoms with Gasteiger partial charge in [-0.05, 0) is 37.7 Å². The number of primary amides is 1. The molecule has 36 heavy (non-hydrogen) atoms. The summed E-state index contributed by atoms with van der Waals surface area (Å²) in [5.41, 5.74) is 14.6. The number of nitrogens with two attached hydrogens (primary N) is 2. The molecule has 4 heterocycles. The Morgan fingerprint density at radius 3 is 2.89 bits per heavy atom. The van der Waals surface area contributed by atoms with Crippen LogP contribution >= 0.6 is 11.8 Å². The maximum atomic E-state index is 11.5. The predicted octanol–water partition coefficient (Wildman–Crippen LogP) is 3.15. The maximum Gasteiger partial charge on any atom is 0.217 e. The molecule has 4 unspecified atom stereocenters. The number of carbonyl (C=O) groups excluding carboxylic acids is 1. The number of nitrogen functional groups attached to an aromatic ring is 1. The van der Waals surface area contributed by atoms with Crippen molar-refractivity contribution in [2.24, 2.45) is 11.7 Å². The molecule has 0 spiro atoms. The van der Waals surface area contributed by atoms with Gasteiger partial charge in [0.05, 0.1) is 23.1 Å². The maximum absolute atomic E-state index is 11.5. The molecule has 2 aromatic heterocycles. The highest BCUT2D eigenvalue weighted by molar-refractivity contribution is 8.00. The Kier molecular flexibility index (Phi) is 7.22. The fourth-order valence-corrected chi connectivity index (χ4v) is 7.50. The van der Waals surface area contributed by atoms with Crippen molar-refractivity contribution < 1.29 is 4.79 Å². The molecule has 1 aromatic carbocycles. The molecule has 0 aliphatic carbocycles. The number of unbranched alkanes of at least 4 members (excludes halogenated alkanes) is 1. The fraction of sp³-hybridized carbons (Fsp3) is 0.538. The van der Waals surface area contributed by atoms with Crippen LogP contribution in [0.1, 0.15) is 51.3 Å². The standard InChI is InChI=1S/C26H36N8OS/c1-2-3-11-20-32-22-23(16-8-4-5-9-17(16)30-25(22)28)34(20)13-12-15(7-6-10-19(27)35)24-21-18(14-36-24)31-26(29)33-21/h4-5,8-9,15,18,21,24H,2-3,6-7,10-14H2,1H3,(H2,27,35)(H2,28,30)(H3,29,31,33). The van der Waals surface area contributed by atoms with E-state index in [2.05, 4.69) is 33.2 Å². The van der Waals surface area contributed by atoms with Gasteiger partial charge in [0.15, 0.2) is 11.8 Å². The van der Waals surface area contributed by atoms with Crippen molar-refractivity contribution in [1.29, 1.82) is 5.41 Å². The first-order chi connectivity index (χ1) is 17.5. The van der Waals surface area contributed by atoms with Crippen molar-refractivity contribution in [1.82, 2.24) is 25.2 Å². The molecule has 3 aromatic rings. The number of rotatable bonds is 11. The van der Waals surface area contributed by atoms with Crippen molar-refractivity contribution in [3.63, 3.8) is 0 Å². The molecule has 2 aliphatic heterocycles.